The summed E-state index contributed by atoms with van der Waals surface area (Å²) in [6, 6.07) is 6.44. The van der Waals surface area contributed by atoms with Crippen molar-refractivity contribution in [1.82, 2.24) is 0 Å². The lowest BCUT2D eigenvalue weighted by molar-refractivity contribution is 0.569. The third-order valence-corrected chi connectivity index (χ3v) is 3.63. The Balaban J connectivity index is 2.65. The number of halogens is 1. The first kappa shape index (κ1) is 9.94. The van der Waals surface area contributed by atoms with Gasteiger partial charge in [0.25, 0.3) is 0 Å². The molecule has 2 rings (SSSR count). The van der Waals surface area contributed by atoms with E-state index in [0.717, 1.165) is 34.0 Å². The fourth-order valence-electron chi connectivity index (χ4n) is 2.05. The van der Waals surface area contributed by atoms with Gasteiger partial charge in [0.05, 0.1) is 5.56 Å². The second-order valence-electron chi connectivity index (χ2n) is 3.61. The van der Waals surface area contributed by atoms with Gasteiger partial charge in [-0.2, -0.15) is 5.26 Å². The lowest BCUT2D eigenvalue weighted by atomic mass is 9.85. The Labute approximate surface area is 97.2 Å². The van der Waals surface area contributed by atoms with Crippen LogP contribution in [0.4, 0.5) is 0 Å². The van der Waals surface area contributed by atoms with Crippen molar-refractivity contribution in [2.75, 3.05) is 0 Å². The number of aryl methyl sites for hydroxylation is 1. The number of hydrogen-bond acceptors (Lipinski definition) is 2. The summed E-state index contributed by atoms with van der Waals surface area (Å²) in [7, 11) is 0. The first-order valence-corrected chi connectivity index (χ1v) is 5.79. The van der Waals surface area contributed by atoms with Gasteiger partial charge in [-0.15, -0.1) is 0 Å². The molecule has 0 bridgehead atoms. The molecule has 0 radical (unpaired) electrons. The normalized spacial score (nSPS) is 19.9. The minimum Gasteiger partial charge on any atom is -0.324 e. The van der Waals surface area contributed by atoms with Crippen molar-refractivity contribution in [3.05, 3.63) is 32.4 Å². The Bertz CT molecular complexity index is 406. The largest absolute Gasteiger partial charge is 0.324 e. The van der Waals surface area contributed by atoms with Crippen LogP contribution in [-0.2, 0) is 6.42 Å². The minimum absolute atomic E-state index is 0.0584. The third kappa shape index (κ3) is 1.53. The molecular formula is C11H11IN2. The average Bonchev–Trinajstić information content (AvgIpc) is 2.19. The number of nitrogens with zero attached hydrogens (tertiary/aromatic N) is 1. The molecule has 0 spiro atoms. The fourth-order valence-corrected chi connectivity index (χ4v) is 2.64. The van der Waals surface area contributed by atoms with Crippen LogP contribution in [0.25, 0.3) is 0 Å². The van der Waals surface area contributed by atoms with Crippen molar-refractivity contribution < 1.29 is 0 Å². The van der Waals surface area contributed by atoms with Gasteiger partial charge in [-0.1, -0.05) is 6.07 Å². The highest BCUT2D eigenvalue weighted by Gasteiger charge is 2.21. The number of benzene rings is 1. The van der Waals surface area contributed by atoms with Crippen LogP contribution < -0.4 is 5.73 Å². The summed E-state index contributed by atoms with van der Waals surface area (Å²) >= 11 is 2.20. The second kappa shape index (κ2) is 3.87. The van der Waals surface area contributed by atoms with E-state index in [4.69, 9.17) is 11.0 Å². The van der Waals surface area contributed by atoms with Gasteiger partial charge < -0.3 is 5.73 Å². The molecule has 1 aliphatic rings. The molecule has 0 aromatic heterocycles. The predicted molar refractivity (Wildman–Crippen MR) is 63.7 cm³/mol. The molecule has 1 atom stereocenters. The molecule has 0 aliphatic heterocycles. The molecule has 1 aromatic carbocycles. The van der Waals surface area contributed by atoms with E-state index >= 15 is 0 Å². The standard InChI is InChI=1S/C11H11IN2/c12-9-5-4-7-2-1-3-10(14)11(7)8(9)6-13/h4-5,10H,1-3,14H2. The number of hydrogen-bond donors (Lipinski definition) is 1. The van der Waals surface area contributed by atoms with Gasteiger partial charge in [0, 0.05) is 9.61 Å². The highest BCUT2D eigenvalue weighted by atomic mass is 127. The number of rotatable bonds is 0. The first-order chi connectivity index (χ1) is 6.74. The molecule has 0 fully saturated rings. The quantitative estimate of drug-likeness (QED) is 0.748. The zero-order valence-corrected chi connectivity index (χ0v) is 9.91. The van der Waals surface area contributed by atoms with Crippen molar-refractivity contribution in [2.45, 2.75) is 25.3 Å². The molecule has 0 saturated heterocycles. The van der Waals surface area contributed by atoms with Crippen LogP contribution in [-0.4, -0.2) is 0 Å². The lowest BCUT2D eigenvalue weighted by Gasteiger charge is -2.23. The molecule has 2 N–H and O–H groups in total. The third-order valence-electron chi connectivity index (χ3n) is 2.73. The highest BCUT2D eigenvalue weighted by Crippen LogP contribution is 2.32. The van der Waals surface area contributed by atoms with Crippen LogP contribution in [0.2, 0.25) is 0 Å². The van der Waals surface area contributed by atoms with E-state index in [1.807, 2.05) is 6.07 Å². The predicted octanol–water partition coefficient (Wildman–Crippen LogP) is 2.50. The molecule has 14 heavy (non-hydrogen) atoms. The topological polar surface area (TPSA) is 49.8 Å². The van der Waals surface area contributed by atoms with Crippen molar-refractivity contribution in [3.8, 4) is 6.07 Å². The molecule has 0 amide bonds. The van der Waals surface area contributed by atoms with Gasteiger partial charge in [0.1, 0.15) is 6.07 Å². The number of nitrogens with two attached hydrogens (primary N) is 1. The van der Waals surface area contributed by atoms with Gasteiger partial charge in [-0.05, 0) is 59.0 Å². The Morgan fingerprint density at radius 1 is 1.50 bits per heavy atom. The molecule has 72 valence electrons. The maximum Gasteiger partial charge on any atom is 0.101 e. The Morgan fingerprint density at radius 2 is 2.29 bits per heavy atom. The zero-order chi connectivity index (χ0) is 10.1. The summed E-state index contributed by atoms with van der Waals surface area (Å²) < 4.78 is 1.02. The number of nitriles is 1. The maximum atomic E-state index is 9.08. The number of fused-ring (bicyclic) bond motifs is 1. The van der Waals surface area contributed by atoms with E-state index in [-0.39, 0.29) is 6.04 Å². The molecular weight excluding hydrogens is 287 g/mol. The van der Waals surface area contributed by atoms with E-state index < -0.39 is 0 Å². The molecule has 1 unspecified atom stereocenters. The van der Waals surface area contributed by atoms with Crippen molar-refractivity contribution in [2.24, 2.45) is 5.73 Å². The second-order valence-corrected chi connectivity index (χ2v) is 4.77. The van der Waals surface area contributed by atoms with Gasteiger partial charge >= 0.3 is 0 Å². The first-order valence-electron chi connectivity index (χ1n) is 4.71. The van der Waals surface area contributed by atoms with E-state index in [2.05, 4.69) is 34.7 Å². The fraction of sp³-hybridized carbons (Fsp3) is 0.364. The van der Waals surface area contributed by atoms with E-state index in [1.165, 1.54) is 5.56 Å². The van der Waals surface area contributed by atoms with Crippen LogP contribution in [0.15, 0.2) is 12.1 Å². The molecule has 0 heterocycles. The van der Waals surface area contributed by atoms with Crippen LogP contribution in [0.5, 0.6) is 0 Å². The van der Waals surface area contributed by atoms with Gasteiger partial charge in [-0.25, -0.2) is 0 Å². The van der Waals surface area contributed by atoms with Crippen molar-refractivity contribution in [3.63, 3.8) is 0 Å². The van der Waals surface area contributed by atoms with Crippen LogP contribution in [0.3, 0.4) is 0 Å². The molecule has 2 nitrogen and oxygen atoms in total. The summed E-state index contributed by atoms with van der Waals surface area (Å²) in [5, 5.41) is 9.08. The SMILES string of the molecule is N#Cc1c(I)ccc2c1C(N)CCC2. The highest BCUT2D eigenvalue weighted by molar-refractivity contribution is 14.1. The van der Waals surface area contributed by atoms with Crippen LogP contribution in [0, 0.1) is 14.9 Å². The van der Waals surface area contributed by atoms with Gasteiger partial charge in [-0.3, -0.25) is 0 Å². The summed E-state index contributed by atoms with van der Waals surface area (Å²) in [6.07, 6.45) is 3.20. The lowest BCUT2D eigenvalue weighted by Crippen LogP contribution is -2.19. The minimum atomic E-state index is 0.0584. The zero-order valence-electron chi connectivity index (χ0n) is 7.76. The molecule has 1 aromatic rings. The molecule has 3 heteroatoms. The summed E-state index contributed by atoms with van der Waals surface area (Å²) in [5.41, 5.74) is 9.18. The van der Waals surface area contributed by atoms with E-state index in [9.17, 15) is 0 Å². The smallest absolute Gasteiger partial charge is 0.101 e. The van der Waals surface area contributed by atoms with Gasteiger partial charge in [0.2, 0.25) is 0 Å². The monoisotopic (exact) mass is 298 g/mol. The maximum absolute atomic E-state index is 9.08. The van der Waals surface area contributed by atoms with E-state index in [1.54, 1.807) is 0 Å². The van der Waals surface area contributed by atoms with Crippen molar-refractivity contribution in [1.29, 1.82) is 5.26 Å². The Hall–Kier alpha value is -0.600. The van der Waals surface area contributed by atoms with E-state index in [0.29, 0.717) is 0 Å². The summed E-state index contributed by atoms with van der Waals surface area (Å²) in [4.78, 5) is 0. The molecule has 1 aliphatic carbocycles. The van der Waals surface area contributed by atoms with Crippen LogP contribution >= 0.6 is 22.6 Å². The van der Waals surface area contributed by atoms with Crippen LogP contribution in [0.1, 0.15) is 35.6 Å². The molecule has 0 saturated carbocycles. The Morgan fingerprint density at radius 3 is 3.00 bits per heavy atom. The van der Waals surface area contributed by atoms with Gasteiger partial charge in [0.15, 0.2) is 0 Å². The Kier molecular flexibility index (Phi) is 2.75. The summed E-state index contributed by atoms with van der Waals surface area (Å²) in [5.74, 6) is 0. The summed E-state index contributed by atoms with van der Waals surface area (Å²) in [6.45, 7) is 0. The van der Waals surface area contributed by atoms with Crippen molar-refractivity contribution >= 4 is 22.6 Å². The average molecular weight is 298 g/mol.